The van der Waals surface area contributed by atoms with Crippen molar-refractivity contribution in [2.75, 3.05) is 0 Å². The molecule has 0 radical (unpaired) electrons. The lowest BCUT2D eigenvalue weighted by atomic mass is 10.2. The minimum atomic E-state index is -0.175. The van der Waals surface area contributed by atoms with Crippen LogP contribution in [0.15, 0.2) is 57.8 Å². The molecule has 0 bridgehead atoms. The summed E-state index contributed by atoms with van der Waals surface area (Å²) < 4.78 is 2.91. The zero-order valence-corrected chi connectivity index (χ0v) is 15.3. The molecule has 0 amide bonds. The summed E-state index contributed by atoms with van der Waals surface area (Å²) >= 11 is 10.7. The van der Waals surface area contributed by atoms with Gasteiger partial charge >= 0.3 is 0 Å². The molecule has 2 aromatic carbocycles. The molecule has 0 atom stereocenters. The van der Waals surface area contributed by atoms with E-state index < -0.39 is 0 Å². The minimum Gasteiger partial charge on any atom is -0.266 e. The van der Waals surface area contributed by atoms with E-state index in [1.54, 1.807) is 12.1 Å². The predicted octanol–water partition coefficient (Wildman–Crippen LogP) is 3.78. The average molecular weight is 419 g/mol. The zero-order chi connectivity index (χ0) is 16.7. The Balaban J connectivity index is 1.81. The lowest BCUT2D eigenvalue weighted by Gasteiger charge is -1.94. The number of nitrogens with zero attached hydrogens (tertiary/aromatic N) is 3. The van der Waals surface area contributed by atoms with Crippen LogP contribution >= 0.6 is 38.9 Å². The fraction of sp³-hybridized carbons (Fsp3) is 0. The Bertz CT molecular complexity index is 1150. The summed E-state index contributed by atoms with van der Waals surface area (Å²) in [5.41, 5.74) is 1.57. The number of aromatic nitrogens is 3. The van der Waals surface area contributed by atoms with E-state index in [1.807, 2.05) is 42.5 Å². The Morgan fingerprint density at radius 1 is 1.17 bits per heavy atom. The van der Waals surface area contributed by atoms with Gasteiger partial charge < -0.3 is 0 Å². The molecule has 0 fully saturated rings. The van der Waals surface area contributed by atoms with E-state index >= 15 is 0 Å². The van der Waals surface area contributed by atoms with Crippen LogP contribution in [0.4, 0.5) is 0 Å². The van der Waals surface area contributed by atoms with Crippen molar-refractivity contribution in [1.82, 2.24) is 14.6 Å². The highest BCUT2D eigenvalue weighted by molar-refractivity contribution is 9.10. The molecule has 0 saturated carbocycles. The molecule has 0 spiro atoms. The van der Waals surface area contributed by atoms with Gasteiger partial charge in [0.2, 0.25) is 4.96 Å². The fourth-order valence-corrected chi connectivity index (χ4v) is 3.67. The Morgan fingerprint density at radius 2 is 1.96 bits per heavy atom. The van der Waals surface area contributed by atoms with Gasteiger partial charge in [-0.05, 0) is 35.9 Å². The van der Waals surface area contributed by atoms with Crippen LogP contribution in [0.1, 0.15) is 5.56 Å². The molecule has 2 heterocycles. The van der Waals surface area contributed by atoms with E-state index in [2.05, 4.69) is 26.0 Å². The monoisotopic (exact) mass is 417 g/mol. The molecule has 4 rings (SSSR count). The summed E-state index contributed by atoms with van der Waals surface area (Å²) in [5.74, 6) is 0.542. The van der Waals surface area contributed by atoms with Crippen LogP contribution in [0.3, 0.4) is 0 Å². The van der Waals surface area contributed by atoms with Gasteiger partial charge in [0.1, 0.15) is 0 Å². The van der Waals surface area contributed by atoms with Crippen molar-refractivity contribution >= 4 is 49.9 Å². The first-order valence-electron chi connectivity index (χ1n) is 7.03. The maximum absolute atomic E-state index is 12.5. The van der Waals surface area contributed by atoms with E-state index in [-0.39, 0.29) is 5.56 Å². The number of thiazole rings is 1. The molecule has 7 heteroatoms. The maximum atomic E-state index is 12.5. The highest BCUT2D eigenvalue weighted by Gasteiger charge is 2.11. The number of hydrogen-bond acceptors (Lipinski definition) is 4. The standard InChI is InChI=1S/C17H9BrClN3OS/c18-12-6-4-11(5-7-12)15-20-17-22(21-15)16(23)14(24-17)9-10-2-1-3-13(19)8-10/h1-9H/b14-9-. The van der Waals surface area contributed by atoms with Crippen molar-refractivity contribution in [2.24, 2.45) is 0 Å². The molecule has 0 aliphatic heterocycles. The Kier molecular flexibility index (Phi) is 3.96. The molecule has 0 N–H and O–H groups in total. The van der Waals surface area contributed by atoms with Gasteiger partial charge in [0.05, 0.1) is 4.53 Å². The second kappa shape index (κ2) is 6.12. The minimum absolute atomic E-state index is 0.175. The lowest BCUT2D eigenvalue weighted by Crippen LogP contribution is -2.23. The SMILES string of the molecule is O=c1/c(=C/c2cccc(Cl)c2)sc2nc(-c3ccc(Br)cc3)nn12. The van der Waals surface area contributed by atoms with Gasteiger partial charge in [-0.25, -0.2) is 0 Å². The van der Waals surface area contributed by atoms with Crippen LogP contribution in [0.5, 0.6) is 0 Å². The van der Waals surface area contributed by atoms with Crippen molar-refractivity contribution in [1.29, 1.82) is 0 Å². The summed E-state index contributed by atoms with van der Waals surface area (Å²) in [6, 6.07) is 15.0. The number of halogens is 2. The summed E-state index contributed by atoms with van der Waals surface area (Å²) in [7, 11) is 0. The molecular formula is C17H9BrClN3OS. The van der Waals surface area contributed by atoms with Crippen molar-refractivity contribution in [2.45, 2.75) is 0 Å². The Morgan fingerprint density at radius 3 is 2.67 bits per heavy atom. The van der Waals surface area contributed by atoms with Crippen LogP contribution in [-0.4, -0.2) is 14.6 Å². The van der Waals surface area contributed by atoms with E-state index in [1.165, 1.54) is 15.9 Å². The van der Waals surface area contributed by atoms with Gasteiger partial charge in [0.15, 0.2) is 5.82 Å². The van der Waals surface area contributed by atoms with Crippen molar-refractivity contribution in [3.8, 4) is 11.4 Å². The molecule has 0 aliphatic rings. The second-order valence-electron chi connectivity index (χ2n) is 5.11. The third-order valence-corrected chi connectivity index (χ3v) is 5.15. The van der Waals surface area contributed by atoms with Crippen LogP contribution < -0.4 is 10.1 Å². The topological polar surface area (TPSA) is 47.3 Å². The molecule has 4 nitrogen and oxygen atoms in total. The molecule has 0 saturated heterocycles. The van der Waals surface area contributed by atoms with Gasteiger partial charge in [-0.3, -0.25) is 4.79 Å². The van der Waals surface area contributed by atoms with Crippen LogP contribution in [0, 0.1) is 0 Å². The average Bonchev–Trinajstić information content (AvgIpc) is 3.09. The third-order valence-electron chi connectivity index (χ3n) is 3.43. The third kappa shape index (κ3) is 2.88. The first-order valence-corrected chi connectivity index (χ1v) is 9.02. The highest BCUT2D eigenvalue weighted by atomic mass is 79.9. The van der Waals surface area contributed by atoms with Gasteiger partial charge in [0.25, 0.3) is 5.56 Å². The number of hydrogen-bond donors (Lipinski definition) is 0. The maximum Gasteiger partial charge on any atom is 0.291 e. The van der Waals surface area contributed by atoms with Gasteiger partial charge in [-0.1, -0.05) is 63.1 Å². The summed E-state index contributed by atoms with van der Waals surface area (Å²) in [6.45, 7) is 0. The van der Waals surface area contributed by atoms with Crippen LogP contribution in [0.2, 0.25) is 5.02 Å². The largest absolute Gasteiger partial charge is 0.291 e. The molecule has 0 aliphatic carbocycles. The van der Waals surface area contributed by atoms with E-state index in [4.69, 9.17) is 11.6 Å². The van der Waals surface area contributed by atoms with E-state index in [0.29, 0.717) is 20.3 Å². The fourth-order valence-electron chi connectivity index (χ4n) is 2.30. The molecule has 0 unspecified atom stereocenters. The summed E-state index contributed by atoms with van der Waals surface area (Å²) in [5, 5.41) is 4.97. The molecule has 2 aromatic heterocycles. The van der Waals surface area contributed by atoms with Crippen molar-refractivity contribution in [3.63, 3.8) is 0 Å². The normalized spacial score (nSPS) is 12.2. The van der Waals surface area contributed by atoms with Crippen molar-refractivity contribution < 1.29 is 0 Å². The van der Waals surface area contributed by atoms with Crippen molar-refractivity contribution in [3.05, 3.63) is 78.5 Å². The first-order chi connectivity index (χ1) is 11.6. The van der Waals surface area contributed by atoms with Crippen LogP contribution in [0.25, 0.3) is 22.4 Å². The first kappa shape index (κ1) is 15.5. The van der Waals surface area contributed by atoms with Gasteiger partial charge in [-0.15, -0.1) is 5.10 Å². The Hall–Kier alpha value is -2.02. The summed E-state index contributed by atoms with van der Waals surface area (Å²) in [6.07, 6.45) is 1.80. The molecule has 24 heavy (non-hydrogen) atoms. The smallest absolute Gasteiger partial charge is 0.266 e. The predicted molar refractivity (Wildman–Crippen MR) is 101 cm³/mol. The van der Waals surface area contributed by atoms with Crippen LogP contribution in [-0.2, 0) is 0 Å². The van der Waals surface area contributed by atoms with E-state index in [0.717, 1.165) is 15.6 Å². The molecule has 4 aromatic rings. The summed E-state index contributed by atoms with van der Waals surface area (Å²) in [4.78, 5) is 17.6. The van der Waals surface area contributed by atoms with Gasteiger partial charge in [0, 0.05) is 15.1 Å². The Labute approximate surface area is 154 Å². The van der Waals surface area contributed by atoms with E-state index in [9.17, 15) is 4.79 Å². The highest BCUT2D eigenvalue weighted by Crippen LogP contribution is 2.19. The van der Waals surface area contributed by atoms with Gasteiger partial charge in [-0.2, -0.15) is 9.50 Å². The lowest BCUT2D eigenvalue weighted by molar-refractivity contribution is 0.937. The second-order valence-corrected chi connectivity index (χ2v) is 7.47. The quantitative estimate of drug-likeness (QED) is 0.498. The number of fused-ring (bicyclic) bond motifs is 1. The number of rotatable bonds is 2. The molecule has 118 valence electrons. The number of benzene rings is 2. The molecular weight excluding hydrogens is 410 g/mol. The zero-order valence-electron chi connectivity index (χ0n) is 12.1.